The highest BCUT2D eigenvalue weighted by Gasteiger charge is 2.57. The Morgan fingerprint density at radius 1 is 1.00 bits per heavy atom. The van der Waals surface area contributed by atoms with E-state index < -0.39 is 58.0 Å². The van der Waals surface area contributed by atoms with Gasteiger partial charge in [0.1, 0.15) is 11.8 Å². The normalized spacial score (nSPS) is 20.2. The summed E-state index contributed by atoms with van der Waals surface area (Å²) in [6.07, 6.45) is -4.58. The second-order valence-electron chi connectivity index (χ2n) is 9.30. The third kappa shape index (κ3) is 5.00. The number of nitrogens with zero attached hydrogens (tertiary/aromatic N) is 2. The molecular formula is C27H17ClF3N3O4S3. The fraction of sp³-hybridized carbons (Fsp3) is 0.185. The average molecular weight is 636 g/mol. The molecule has 2 aromatic carbocycles. The van der Waals surface area contributed by atoms with Crippen LogP contribution in [0.4, 0.5) is 24.5 Å². The van der Waals surface area contributed by atoms with Crippen molar-refractivity contribution in [1.29, 1.82) is 0 Å². The number of halogens is 4. The summed E-state index contributed by atoms with van der Waals surface area (Å²) in [7, 11) is 0. The average Bonchev–Trinajstić information content (AvgIpc) is 3.62. The lowest BCUT2D eigenvalue weighted by Crippen LogP contribution is -2.32. The summed E-state index contributed by atoms with van der Waals surface area (Å²) in [5.41, 5.74) is -0.609. The van der Waals surface area contributed by atoms with Crippen molar-refractivity contribution in [2.45, 2.75) is 28.9 Å². The van der Waals surface area contributed by atoms with E-state index in [1.807, 2.05) is 17.5 Å². The Morgan fingerprint density at radius 2 is 1.76 bits per heavy atom. The molecule has 0 bridgehead atoms. The van der Waals surface area contributed by atoms with Crippen LogP contribution in [0.1, 0.15) is 21.2 Å². The van der Waals surface area contributed by atoms with Crippen molar-refractivity contribution in [2.24, 2.45) is 5.92 Å². The van der Waals surface area contributed by atoms with Gasteiger partial charge in [-0.2, -0.15) is 13.2 Å². The number of carbonyl (C=O) groups is 3. The maximum absolute atomic E-state index is 13.8. The first-order valence-corrected chi connectivity index (χ1v) is 15.0. The molecule has 1 N–H and O–H groups in total. The van der Waals surface area contributed by atoms with E-state index in [0.29, 0.717) is 20.6 Å². The predicted molar refractivity (Wildman–Crippen MR) is 152 cm³/mol. The van der Waals surface area contributed by atoms with E-state index in [9.17, 15) is 32.3 Å². The highest BCUT2D eigenvalue weighted by atomic mass is 35.5. The van der Waals surface area contributed by atoms with Crippen molar-refractivity contribution in [2.75, 3.05) is 10.2 Å². The molecule has 3 atom stereocenters. The lowest BCUT2D eigenvalue weighted by molar-refractivity contribution is -0.137. The van der Waals surface area contributed by atoms with Gasteiger partial charge < -0.3 is 5.32 Å². The minimum atomic E-state index is -4.58. The molecule has 2 unspecified atom stereocenters. The second kappa shape index (κ2) is 10.5. The van der Waals surface area contributed by atoms with E-state index in [0.717, 1.165) is 45.0 Å². The monoisotopic (exact) mass is 635 g/mol. The van der Waals surface area contributed by atoms with Crippen molar-refractivity contribution >= 4 is 75.1 Å². The topological polar surface area (TPSA) is 88.5 Å². The summed E-state index contributed by atoms with van der Waals surface area (Å²) in [6.45, 7) is -0.481. The van der Waals surface area contributed by atoms with Gasteiger partial charge in [-0.1, -0.05) is 46.8 Å². The van der Waals surface area contributed by atoms with Crippen LogP contribution in [0.15, 0.2) is 75.9 Å². The van der Waals surface area contributed by atoms with Gasteiger partial charge in [0.05, 0.1) is 22.2 Å². The molecule has 6 rings (SSSR count). The van der Waals surface area contributed by atoms with Crippen LogP contribution in [0.5, 0.6) is 0 Å². The van der Waals surface area contributed by atoms with Crippen LogP contribution in [0.2, 0.25) is 5.02 Å². The summed E-state index contributed by atoms with van der Waals surface area (Å²) in [6, 6.07) is 14.2. The zero-order chi connectivity index (χ0) is 29.1. The smallest absolute Gasteiger partial charge is 0.325 e. The number of imide groups is 1. The Bertz CT molecular complexity index is 1730. The molecule has 0 spiro atoms. The molecule has 2 aromatic heterocycles. The van der Waals surface area contributed by atoms with Gasteiger partial charge in [-0.15, -0.1) is 11.3 Å². The van der Waals surface area contributed by atoms with Gasteiger partial charge in [0.2, 0.25) is 17.7 Å². The van der Waals surface area contributed by atoms with Crippen LogP contribution in [-0.4, -0.2) is 27.5 Å². The van der Waals surface area contributed by atoms with Crippen molar-refractivity contribution < 1.29 is 27.6 Å². The molecule has 1 saturated heterocycles. The second-order valence-corrected chi connectivity index (χ2v) is 12.8. The molecule has 0 aliphatic carbocycles. The number of alkyl halides is 3. The van der Waals surface area contributed by atoms with E-state index in [4.69, 9.17) is 11.6 Å². The summed E-state index contributed by atoms with van der Waals surface area (Å²) in [5.74, 6) is -2.92. The van der Waals surface area contributed by atoms with Gasteiger partial charge in [-0.25, -0.2) is 4.90 Å². The van der Waals surface area contributed by atoms with Crippen molar-refractivity contribution in [3.05, 3.63) is 96.1 Å². The van der Waals surface area contributed by atoms with Crippen LogP contribution >= 0.6 is 46.0 Å². The Balaban J connectivity index is 1.35. The number of nitrogens with one attached hydrogen (secondary N) is 1. The van der Waals surface area contributed by atoms with Gasteiger partial charge in [-0.05, 0) is 53.9 Å². The molecule has 210 valence electrons. The molecule has 4 heterocycles. The highest BCUT2D eigenvalue weighted by Crippen LogP contribution is 2.54. The van der Waals surface area contributed by atoms with Crippen molar-refractivity contribution in [3.8, 4) is 0 Å². The number of fused-ring (bicyclic) bond motifs is 2. The first kappa shape index (κ1) is 27.8. The van der Waals surface area contributed by atoms with Crippen LogP contribution in [0.25, 0.3) is 0 Å². The standard InChI is InChI=1S/C27H17ClF3N3O4S3/c28-14-6-8-16(9-7-14)34-23(36)20-19(17-5-2-10-39-17)22-25(40-21(20)24(34)37)33(26(38)41-22)12-18(35)32-15-4-1-3-13(11-15)27(29,30)31/h1-11,19-21H,12H2,(H,32,35)/t19-,20?,21?/m1/s1. The molecule has 41 heavy (non-hydrogen) atoms. The maximum atomic E-state index is 13.8. The Morgan fingerprint density at radius 3 is 2.44 bits per heavy atom. The third-order valence-electron chi connectivity index (χ3n) is 6.76. The molecule has 0 saturated carbocycles. The van der Waals surface area contributed by atoms with E-state index in [1.54, 1.807) is 24.3 Å². The SMILES string of the molecule is O=C(Cn1c2c(sc1=O)[C@H](c1cccs1)C1C(=O)N(c3ccc(Cl)cc3)C(=O)C1S2)Nc1cccc(C(F)(F)F)c1. The molecule has 0 radical (unpaired) electrons. The minimum Gasteiger partial charge on any atom is -0.325 e. The van der Waals surface area contributed by atoms with Crippen molar-refractivity contribution in [3.63, 3.8) is 0 Å². The molecule has 3 amide bonds. The van der Waals surface area contributed by atoms with Crippen LogP contribution < -0.4 is 15.1 Å². The van der Waals surface area contributed by atoms with E-state index in [2.05, 4.69) is 5.32 Å². The van der Waals surface area contributed by atoms with Gasteiger partial charge in [0.25, 0.3) is 0 Å². The number of hydrogen-bond donors (Lipinski definition) is 1. The number of amides is 3. The number of thiophene rings is 1. The number of rotatable bonds is 5. The molecule has 2 aliphatic rings. The molecule has 7 nitrogen and oxygen atoms in total. The molecule has 1 fully saturated rings. The Hall–Kier alpha value is -3.39. The van der Waals surface area contributed by atoms with Crippen LogP contribution in [0, 0.1) is 5.92 Å². The lowest BCUT2D eigenvalue weighted by atomic mass is 9.87. The molecule has 14 heteroatoms. The largest absolute Gasteiger partial charge is 0.416 e. The Labute approximate surface area is 247 Å². The zero-order valence-electron chi connectivity index (χ0n) is 20.6. The summed E-state index contributed by atoms with van der Waals surface area (Å²) in [4.78, 5) is 55.5. The van der Waals surface area contributed by atoms with Gasteiger partial charge in [0.15, 0.2) is 0 Å². The fourth-order valence-corrected chi connectivity index (χ4v) is 8.84. The summed E-state index contributed by atoms with van der Waals surface area (Å²) < 4.78 is 40.5. The van der Waals surface area contributed by atoms with E-state index >= 15 is 0 Å². The number of thioether (sulfide) groups is 1. The zero-order valence-corrected chi connectivity index (χ0v) is 23.8. The van der Waals surface area contributed by atoms with Gasteiger partial charge in [0, 0.05) is 26.4 Å². The number of anilines is 2. The van der Waals surface area contributed by atoms with Crippen LogP contribution in [0.3, 0.4) is 0 Å². The molecule has 4 aromatic rings. The van der Waals surface area contributed by atoms with Crippen molar-refractivity contribution in [1.82, 2.24) is 4.57 Å². The van der Waals surface area contributed by atoms with Gasteiger partial charge >= 0.3 is 11.0 Å². The summed E-state index contributed by atoms with van der Waals surface area (Å²) in [5, 5.41) is 4.24. The number of thiazole rings is 1. The number of aromatic nitrogens is 1. The summed E-state index contributed by atoms with van der Waals surface area (Å²) >= 11 is 9.34. The highest BCUT2D eigenvalue weighted by molar-refractivity contribution is 8.00. The molecular weight excluding hydrogens is 619 g/mol. The number of benzene rings is 2. The van der Waals surface area contributed by atoms with E-state index in [1.165, 1.54) is 28.0 Å². The van der Waals surface area contributed by atoms with E-state index in [-0.39, 0.29) is 5.69 Å². The number of carbonyl (C=O) groups excluding carboxylic acids is 3. The minimum absolute atomic E-state index is 0.0682. The fourth-order valence-electron chi connectivity index (χ4n) is 4.99. The Kier molecular flexibility index (Phi) is 7.09. The quantitative estimate of drug-likeness (QED) is 0.269. The maximum Gasteiger partial charge on any atom is 0.416 e. The first-order chi connectivity index (χ1) is 19.5. The molecule has 2 aliphatic heterocycles. The van der Waals surface area contributed by atoms with Gasteiger partial charge in [-0.3, -0.25) is 23.7 Å². The third-order valence-corrected chi connectivity index (χ3v) is 10.6. The number of hydrogen-bond acceptors (Lipinski definition) is 7. The first-order valence-electron chi connectivity index (χ1n) is 12.1. The lowest BCUT2D eigenvalue weighted by Gasteiger charge is -2.29. The van der Waals surface area contributed by atoms with Crippen LogP contribution in [-0.2, 0) is 27.1 Å². The predicted octanol–water partition coefficient (Wildman–Crippen LogP) is 6.08.